The Morgan fingerprint density at radius 1 is 0.971 bits per heavy atom. The first-order valence-corrected chi connectivity index (χ1v) is 11.3. The van der Waals surface area contributed by atoms with Gasteiger partial charge < -0.3 is 14.0 Å². The number of carbonyl (C=O) groups excluding carboxylic acids is 2. The number of ketones is 1. The molecule has 178 valence electrons. The fourth-order valence-electron chi connectivity index (χ4n) is 4.14. The number of halogens is 1. The van der Waals surface area contributed by atoms with E-state index in [1.807, 2.05) is 24.3 Å². The first-order valence-electron chi connectivity index (χ1n) is 11.3. The zero-order valence-corrected chi connectivity index (χ0v) is 19.8. The molecule has 3 aromatic carbocycles. The number of benzene rings is 3. The van der Waals surface area contributed by atoms with E-state index in [2.05, 4.69) is 35.3 Å². The van der Waals surface area contributed by atoms with Crippen LogP contribution in [0.4, 0.5) is 4.39 Å². The van der Waals surface area contributed by atoms with Gasteiger partial charge in [-0.05, 0) is 74.0 Å². The second-order valence-corrected chi connectivity index (χ2v) is 8.31. The zero-order valence-electron chi connectivity index (χ0n) is 19.8. The van der Waals surface area contributed by atoms with Gasteiger partial charge in [-0.15, -0.1) is 0 Å². The summed E-state index contributed by atoms with van der Waals surface area (Å²) in [6.45, 7) is 4.56. The lowest BCUT2D eigenvalue weighted by Crippen LogP contribution is -2.15. The summed E-state index contributed by atoms with van der Waals surface area (Å²) >= 11 is 0. The number of para-hydroxylation sites is 1. The van der Waals surface area contributed by atoms with Crippen LogP contribution in [-0.4, -0.2) is 30.0 Å². The van der Waals surface area contributed by atoms with E-state index < -0.39 is 11.8 Å². The van der Waals surface area contributed by atoms with Crippen molar-refractivity contribution in [1.82, 2.24) is 4.57 Å². The molecule has 4 aromatic rings. The summed E-state index contributed by atoms with van der Waals surface area (Å²) in [5.74, 6) is -1.31. The molecule has 35 heavy (non-hydrogen) atoms. The van der Waals surface area contributed by atoms with Gasteiger partial charge in [0.2, 0.25) is 0 Å². The molecule has 1 heterocycles. The smallest absolute Gasteiger partial charge is 0.379 e. The third-order valence-corrected chi connectivity index (χ3v) is 5.71. The molecule has 0 atom stereocenters. The van der Waals surface area contributed by atoms with E-state index in [0.717, 1.165) is 27.7 Å². The number of nitrogens with zero attached hydrogens (tertiary/aromatic N) is 1. The zero-order chi connectivity index (χ0) is 24.9. The normalized spacial score (nSPS) is 11.3. The second-order valence-electron chi connectivity index (χ2n) is 8.31. The van der Waals surface area contributed by atoms with Crippen LogP contribution in [0.3, 0.4) is 0 Å². The largest absolute Gasteiger partial charge is 0.490 e. The molecule has 0 bridgehead atoms. The monoisotopic (exact) mass is 471 g/mol. The molecule has 0 radical (unpaired) electrons. The number of hydrogen-bond donors (Lipinski definition) is 0. The topological polar surface area (TPSA) is 57.5 Å². The van der Waals surface area contributed by atoms with Gasteiger partial charge in [-0.3, -0.25) is 4.79 Å². The van der Waals surface area contributed by atoms with Crippen LogP contribution < -0.4 is 4.74 Å². The van der Waals surface area contributed by atoms with Gasteiger partial charge in [0.25, 0.3) is 5.78 Å². The summed E-state index contributed by atoms with van der Waals surface area (Å²) in [7, 11) is 1.17. The van der Waals surface area contributed by atoms with E-state index in [4.69, 9.17) is 4.74 Å². The fourth-order valence-corrected chi connectivity index (χ4v) is 4.14. The van der Waals surface area contributed by atoms with Crippen LogP contribution in [0.5, 0.6) is 5.75 Å². The van der Waals surface area contributed by atoms with E-state index in [-0.39, 0.29) is 17.4 Å². The van der Waals surface area contributed by atoms with E-state index in [0.29, 0.717) is 12.4 Å². The van der Waals surface area contributed by atoms with Gasteiger partial charge in [0.1, 0.15) is 18.2 Å². The molecule has 0 saturated heterocycles. The summed E-state index contributed by atoms with van der Waals surface area (Å²) in [4.78, 5) is 23.3. The molecule has 0 fully saturated rings. The molecule has 0 saturated carbocycles. The van der Waals surface area contributed by atoms with Crippen molar-refractivity contribution in [3.63, 3.8) is 0 Å². The Labute approximate surface area is 203 Å². The number of carbonyl (C=O) groups is 2. The van der Waals surface area contributed by atoms with Gasteiger partial charge in [-0.2, -0.15) is 0 Å². The van der Waals surface area contributed by atoms with Crippen LogP contribution in [0.15, 0.2) is 78.9 Å². The Balaban J connectivity index is 1.61. The Bertz CT molecular complexity index is 1380. The maximum Gasteiger partial charge on any atom is 0.379 e. The molecule has 6 heteroatoms. The molecule has 0 amide bonds. The van der Waals surface area contributed by atoms with Crippen LogP contribution in [0, 0.1) is 5.82 Å². The number of hydrogen-bond acceptors (Lipinski definition) is 4. The average Bonchev–Trinajstić information content (AvgIpc) is 3.21. The van der Waals surface area contributed by atoms with E-state index in [1.54, 1.807) is 24.3 Å². The van der Waals surface area contributed by atoms with Gasteiger partial charge >= 0.3 is 5.97 Å². The highest BCUT2D eigenvalue weighted by molar-refractivity contribution is 6.40. The molecule has 0 aliphatic heterocycles. The van der Waals surface area contributed by atoms with E-state index >= 15 is 0 Å². The van der Waals surface area contributed by atoms with Crippen molar-refractivity contribution in [2.45, 2.75) is 19.9 Å². The SMILES string of the molecule is COC(=O)C(=O)c1ccc(OC/C=C/c2c(-c3ccc(F)cc3)c3ccccc3n2C(C)C)cc1. The maximum atomic E-state index is 13.6. The molecule has 0 spiro atoms. The summed E-state index contributed by atoms with van der Waals surface area (Å²) in [6.07, 6.45) is 3.95. The van der Waals surface area contributed by atoms with E-state index in [9.17, 15) is 14.0 Å². The van der Waals surface area contributed by atoms with Crippen LogP contribution >= 0.6 is 0 Å². The summed E-state index contributed by atoms with van der Waals surface area (Å²) in [5, 5.41) is 1.10. The van der Waals surface area contributed by atoms with Gasteiger partial charge in [-0.1, -0.05) is 30.3 Å². The van der Waals surface area contributed by atoms with Crippen molar-refractivity contribution in [2.24, 2.45) is 0 Å². The maximum absolute atomic E-state index is 13.6. The van der Waals surface area contributed by atoms with E-state index in [1.165, 1.54) is 31.4 Å². The quantitative estimate of drug-likeness (QED) is 0.168. The Morgan fingerprint density at radius 3 is 2.31 bits per heavy atom. The number of aromatic nitrogens is 1. The van der Waals surface area contributed by atoms with Gasteiger partial charge in [0, 0.05) is 33.8 Å². The summed E-state index contributed by atoms with van der Waals surface area (Å²) in [6, 6.07) is 21.3. The molecule has 1 aromatic heterocycles. The van der Waals surface area contributed by atoms with Crippen molar-refractivity contribution in [2.75, 3.05) is 13.7 Å². The number of Topliss-reactive ketones (excluding diaryl/α,β-unsaturated/α-hetero) is 1. The highest BCUT2D eigenvalue weighted by Crippen LogP contribution is 2.37. The van der Waals surface area contributed by atoms with Crippen molar-refractivity contribution < 1.29 is 23.5 Å². The molecule has 0 aliphatic carbocycles. The highest BCUT2D eigenvalue weighted by Gasteiger charge is 2.19. The minimum atomic E-state index is -0.904. The summed E-state index contributed by atoms with van der Waals surface area (Å²) < 4.78 is 26.1. The summed E-state index contributed by atoms with van der Waals surface area (Å²) in [5.41, 5.74) is 4.33. The molecular weight excluding hydrogens is 445 g/mol. The standard InChI is InChI=1S/C29H26FNO4/c1-19(2)31-25-8-5-4-7-24(25)27(20-10-14-22(30)15-11-20)26(31)9-6-18-35-23-16-12-21(13-17-23)28(32)29(33)34-3/h4-17,19H,18H2,1-3H3/b9-6+. The van der Waals surface area contributed by atoms with Crippen molar-refractivity contribution >= 4 is 28.7 Å². The first-order chi connectivity index (χ1) is 16.9. The predicted molar refractivity (Wildman–Crippen MR) is 135 cm³/mol. The van der Waals surface area contributed by atoms with Crippen molar-refractivity contribution in [1.29, 1.82) is 0 Å². The Kier molecular flexibility index (Phi) is 7.11. The predicted octanol–water partition coefficient (Wildman–Crippen LogP) is 6.48. The van der Waals surface area contributed by atoms with Crippen LogP contribution in [-0.2, 0) is 9.53 Å². The third-order valence-electron chi connectivity index (χ3n) is 5.71. The van der Waals surface area contributed by atoms with Gasteiger partial charge in [-0.25, -0.2) is 9.18 Å². The lowest BCUT2D eigenvalue weighted by atomic mass is 10.0. The number of rotatable bonds is 8. The van der Waals surface area contributed by atoms with Crippen molar-refractivity contribution in [3.8, 4) is 16.9 Å². The minimum Gasteiger partial charge on any atom is -0.490 e. The molecule has 0 aliphatic rings. The Hall–Kier alpha value is -4.19. The lowest BCUT2D eigenvalue weighted by Gasteiger charge is -2.14. The first kappa shape index (κ1) is 24.0. The third kappa shape index (κ3) is 5.01. The Morgan fingerprint density at radius 2 is 1.66 bits per heavy atom. The number of methoxy groups -OCH3 is 1. The highest BCUT2D eigenvalue weighted by atomic mass is 19.1. The van der Waals surface area contributed by atoms with Crippen LogP contribution in [0.2, 0.25) is 0 Å². The van der Waals surface area contributed by atoms with Crippen LogP contribution in [0.25, 0.3) is 28.1 Å². The molecule has 5 nitrogen and oxygen atoms in total. The molecule has 4 rings (SSSR count). The average molecular weight is 472 g/mol. The molecule has 0 N–H and O–H groups in total. The molecule has 0 unspecified atom stereocenters. The number of ether oxygens (including phenoxy) is 2. The van der Waals surface area contributed by atoms with Crippen LogP contribution in [0.1, 0.15) is 35.9 Å². The fraction of sp³-hybridized carbons (Fsp3) is 0.172. The van der Waals surface area contributed by atoms with Gasteiger partial charge in [0.05, 0.1) is 7.11 Å². The lowest BCUT2D eigenvalue weighted by molar-refractivity contribution is -0.135. The van der Waals surface area contributed by atoms with Crippen molar-refractivity contribution in [3.05, 3.63) is 95.9 Å². The molecular formula is C29H26FNO4. The number of esters is 1. The number of fused-ring (bicyclic) bond motifs is 1. The minimum absolute atomic E-state index is 0.203. The second kappa shape index (κ2) is 10.4. The van der Waals surface area contributed by atoms with Gasteiger partial charge in [0.15, 0.2) is 0 Å².